The van der Waals surface area contributed by atoms with Crippen LogP contribution in [0.4, 0.5) is 0 Å². The smallest absolute Gasteiger partial charge is 0.220 e. The van der Waals surface area contributed by atoms with E-state index in [4.69, 9.17) is 4.74 Å². The lowest BCUT2D eigenvalue weighted by Gasteiger charge is -2.59. The molecule has 114 valence electrons. The Labute approximate surface area is 122 Å². The molecule has 2 saturated heterocycles. The van der Waals surface area contributed by atoms with E-state index in [-0.39, 0.29) is 11.3 Å². The van der Waals surface area contributed by atoms with Crippen molar-refractivity contribution >= 4 is 5.91 Å². The zero-order valence-electron chi connectivity index (χ0n) is 12.8. The van der Waals surface area contributed by atoms with Crippen molar-refractivity contribution in [3.63, 3.8) is 0 Å². The lowest BCUT2D eigenvalue weighted by molar-refractivity contribution is -0.193. The molecule has 4 unspecified atom stereocenters. The normalized spacial score (nSPS) is 38.9. The molecule has 0 radical (unpaired) electrons. The highest BCUT2D eigenvalue weighted by Gasteiger charge is 2.58. The Morgan fingerprint density at radius 2 is 2.25 bits per heavy atom. The molecule has 1 amide bonds. The predicted octanol–water partition coefficient (Wildman–Crippen LogP) is 1.70. The Morgan fingerprint density at radius 1 is 1.40 bits per heavy atom. The molecule has 3 aliphatic rings. The molecule has 20 heavy (non-hydrogen) atoms. The van der Waals surface area contributed by atoms with Crippen molar-refractivity contribution in [1.29, 1.82) is 0 Å². The zero-order chi connectivity index (χ0) is 14.2. The average Bonchev–Trinajstić information content (AvgIpc) is 2.96. The van der Waals surface area contributed by atoms with Crippen LogP contribution < -0.4 is 10.6 Å². The Kier molecular flexibility index (Phi) is 4.04. The van der Waals surface area contributed by atoms with Crippen molar-refractivity contribution in [1.82, 2.24) is 10.6 Å². The summed E-state index contributed by atoms with van der Waals surface area (Å²) in [6, 6.07) is 0.307. The van der Waals surface area contributed by atoms with Crippen molar-refractivity contribution < 1.29 is 9.53 Å². The van der Waals surface area contributed by atoms with Crippen LogP contribution in [0.5, 0.6) is 0 Å². The van der Waals surface area contributed by atoms with E-state index < -0.39 is 0 Å². The summed E-state index contributed by atoms with van der Waals surface area (Å²) in [7, 11) is 0. The zero-order valence-corrected chi connectivity index (χ0v) is 12.8. The third-order valence-electron chi connectivity index (χ3n) is 5.59. The van der Waals surface area contributed by atoms with Gasteiger partial charge in [0.2, 0.25) is 5.91 Å². The fraction of sp³-hybridized carbons (Fsp3) is 0.938. The fourth-order valence-electron chi connectivity index (χ4n) is 4.36. The third-order valence-corrected chi connectivity index (χ3v) is 5.59. The first-order chi connectivity index (χ1) is 9.59. The van der Waals surface area contributed by atoms with Gasteiger partial charge in [0.25, 0.3) is 0 Å². The van der Waals surface area contributed by atoms with Gasteiger partial charge in [-0.3, -0.25) is 4.79 Å². The first kappa shape index (κ1) is 14.3. The Morgan fingerprint density at radius 3 is 3.00 bits per heavy atom. The maximum absolute atomic E-state index is 12.2. The van der Waals surface area contributed by atoms with Crippen LogP contribution in [0.25, 0.3) is 0 Å². The second kappa shape index (κ2) is 5.64. The molecule has 0 aromatic heterocycles. The number of amides is 1. The van der Waals surface area contributed by atoms with Crippen LogP contribution >= 0.6 is 0 Å². The van der Waals surface area contributed by atoms with Crippen LogP contribution in [-0.2, 0) is 9.53 Å². The lowest BCUT2D eigenvalue weighted by atomic mass is 9.55. The number of carbonyl (C=O) groups excluding carboxylic acids is 1. The molecule has 0 aromatic rings. The molecule has 1 saturated carbocycles. The summed E-state index contributed by atoms with van der Waals surface area (Å²) in [6.07, 6.45) is 5.61. The maximum atomic E-state index is 12.2. The third kappa shape index (κ3) is 2.60. The van der Waals surface area contributed by atoms with Gasteiger partial charge in [-0.1, -0.05) is 13.8 Å². The Balaban J connectivity index is 1.48. The molecule has 1 aliphatic carbocycles. The molecule has 4 nitrogen and oxygen atoms in total. The van der Waals surface area contributed by atoms with Crippen LogP contribution in [0.3, 0.4) is 0 Å². The van der Waals surface area contributed by atoms with Gasteiger partial charge in [0.15, 0.2) is 0 Å². The summed E-state index contributed by atoms with van der Waals surface area (Å²) in [6.45, 7) is 7.54. The number of nitrogens with one attached hydrogen (secondary N) is 2. The number of carbonyl (C=O) groups is 1. The van der Waals surface area contributed by atoms with Crippen molar-refractivity contribution in [3.05, 3.63) is 0 Å². The molecule has 2 N–H and O–H groups in total. The average molecular weight is 280 g/mol. The van der Waals surface area contributed by atoms with Crippen LogP contribution in [0.1, 0.15) is 46.0 Å². The van der Waals surface area contributed by atoms with E-state index in [9.17, 15) is 4.79 Å². The van der Waals surface area contributed by atoms with Crippen molar-refractivity contribution in [2.24, 2.45) is 17.3 Å². The number of fused-ring (bicyclic) bond motifs is 1. The van der Waals surface area contributed by atoms with E-state index in [2.05, 4.69) is 24.5 Å². The van der Waals surface area contributed by atoms with Gasteiger partial charge in [0.1, 0.15) is 0 Å². The standard InChI is InChI=1S/C16H28N2O2/c1-16(2)14(12-4-3-9-20-15(12)16)18-13(19)6-5-11-7-8-17-10-11/h11-12,14-15,17H,3-10H2,1-2H3,(H,18,19). The Bertz CT molecular complexity index is 363. The summed E-state index contributed by atoms with van der Waals surface area (Å²) in [5.41, 5.74) is 0.0929. The number of ether oxygens (including phenoxy) is 1. The lowest BCUT2D eigenvalue weighted by Crippen LogP contribution is -2.70. The SMILES string of the molecule is CC1(C)C(NC(=O)CCC2CCNC2)C2CCCOC21. The van der Waals surface area contributed by atoms with Crippen LogP contribution in [0.2, 0.25) is 0 Å². The summed E-state index contributed by atoms with van der Waals surface area (Å²) in [5.74, 6) is 1.47. The number of rotatable bonds is 4. The van der Waals surface area contributed by atoms with Crippen molar-refractivity contribution in [2.75, 3.05) is 19.7 Å². The topological polar surface area (TPSA) is 50.4 Å². The minimum Gasteiger partial charge on any atom is -0.377 e. The first-order valence-electron chi connectivity index (χ1n) is 8.20. The molecular weight excluding hydrogens is 252 g/mol. The van der Waals surface area contributed by atoms with E-state index in [1.165, 1.54) is 12.8 Å². The molecule has 4 atom stereocenters. The number of hydrogen-bond acceptors (Lipinski definition) is 3. The van der Waals surface area contributed by atoms with Gasteiger partial charge in [0, 0.05) is 30.4 Å². The molecule has 0 aromatic carbocycles. The largest absolute Gasteiger partial charge is 0.377 e. The second-order valence-corrected chi connectivity index (χ2v) is 7.36. The van der Waals surface area contributed by atoms with Crippen LogP contribution in [-0.4, -0.2) is 37.7 Å². The van der Waals surface area contributed by atoms with Gasteiger partial charge in [-0.25, -0.2) is 0 Å². The van der Waals surface area contributed by atoms with E-state index in [0.29, 0.717) is 30.4 Å². The second-order valence-electron chi connectivity index (χ2n) is 7.36. The molecular formula is C16H28N2O2. The van der Waals surface area contributed by atoms with Crippen molar-refractivity contribution in [2.45, 2.75) is 58.1 Å². The highest BCUT2D eigenvalue weighted by Crippen LogP contribution is 2.51. The van der Waals surface area contributed by atoms with Gasteiger partial charge in [-0.15, -0.1) is 0 Å². The summed E-state index contributed by atoms with van der Waals surface area (Å²) < 4.78 is 5.89. The molecule has 3 fully saturated rings. The van der Waals surface area contributed by atoms with Crippen LogP contribution in [0, 0.1) is 17.3 Å². The minimum atomic E-state index is 0.0929. The summed E-state index contributed by atoms with van der Waals surface area (Å²) in [5, 5.41) is 6.65. The first-order valence-corrected chi connectivity index (χ1v) is 8.20. The number of hydrogen-bond donors (Lipinski definition) is 2. The van der Waals surface area contributed by atoms with E-state index in [1.54, 1.807) is 0 Å². The quantitative estimate of drug-likeness (QED) is 0.824. The molecule has 2 aliphatic heterocycles. The van der Waals surface area contributed by atoms with Gasteiger partial charge < -0.3 is 15.4 Å². The van der Waals surface area contributed by atoms with E-state index in [0.717, 1.165) is 32.5 Å². The minimum absolute atomic E-state index is 0.0929. The summed E-state index contributed by atoms with van der Waals surface area (Å²) in [4.78, 5) is 12.2. The van der Waals surface area contributed by atoms with Crippen molar-refractivity contribution in [3.8, 4) is 0 Å². The van der Waals surface area contributed by atoms with E-state index in [1.807, 2.05) is 0 Å². The molecule has 4 heteroatoms. The predicted molar refractivity (Wildman–Crippen MR) is 78.4 cm³/mol. The Hall–Kier alpha value is -0.610. The maximum Gasteiger partial charge on any atom is 0.220 e. The highest BCUT2D eigenvalue weighted by molar-refractivity contribution is 5.76. The van der Waals surface area contributed by atoms with Gasteiger partial charge >= 0.3 is 0 Å². The van der Waals surface area contributed by atoms with E-state index >= 15 is 0 Å². The monoisotopic (exact) mass is 280 g/mol. The molecule has 0 spiro atoms. The van der Waals surface area contributed by atoms with Gasteiger partial charge in [-0.2, -0.15) is 0 Å². The highest BCUT2D eigenvalue weighted by atomic mass is 16.5. The van der Waals surface area contributed by atoms with Gasteiger partial charge in [-0.05, 0) is 44.7 Å². The summed E-state index contributed by atoms with van der Waals surface area (Å²) >= 11 is 0. The molecule has 2 heterocycles. The van der Waals surface area contributed by atoms with Gasteiger partial charge in [0.05, 0.1) is 6.10 Å². The molecule has 3 rings (SSSR count). The molecule has 0 bridgehead atoms. The fourth-order valence-corrected chi connectivity index (χ4v) is 4.36. The van der Waals surface area contributed by atoms with Crippen LogP contribution in [0.15, 0.2) is 0 Å².